The summed E-state index contributed by atoms with van der Waals surface area (Å²) < 4.78 is 11.4. The van der Waals surface area contributed by atoms with Crippen molar-refractivity contribution in [2.75, 3.05) is 26.3 Å². The molecule has 118 valence electrons. The van der Waals surface area contributed by atoms with Gasteiger partial charge in [0.2, 0.25) is 0 Å². The molecule has 0 spiro atoms. The van der Waals surface area contributed by atoms with Gasteiger partial charge >= 0.3 is 0 Å². The van der Waals surface area contributed by atoms with Crippen molar-refractivity contribution in [1.82, 2.24) is 15.3 Å². The second kappa shape index (κ2) is 7.70. The summed E-state index contributed by atoms with van der Waals surface area (Å²) >= 11 is 0. The molecular formula is C15H26N4O2. The van der Waals surface area contributed by atoms with Crippen LogP contribution in [0.3, 0.4) is 0 Å². The lowest BCUT2D eigenvalue weighted by molar-refractivity contribution is -0.0562. The molecular weight excluding hydrogens is 268 g/mol. The molecule has 1 aliphatic rings. The maximum atomic E-state index is 5.91. The van der Waals surface area contributed by atoms with Crippen LogP contribution in [0.4, 0.5) is 0 Å². The molecule has 0 bridgehead atoms. The highest BCUT2D eigenvalue weighted by Crippen LogP contribution is 2.24. The quantitative estimate of drug-likeness (QED) is 0.604. The van der Waals surface area contributed by atoms with Crippen molar-refractivity contribution in [2.45, 2.75) is 39.0 Å². The zero-order valence-electron chi connectivity index (χ0n) is 13.1. The van der Waals surface area contributed by atoms with Crippen LogP contribution in [0, 0.1) is 0 Å². The minimum absolute atomic E-state index is 0.00447. The minimum atomic E-state index is -0.0977. The van der Waals surface area contributed by atoms with Crippen LogP contribution in [0.1, 0.15) is 32.4 Å². The Bertz CT molecular complexity index is 441. The second-order valence-electron chi connectivity index (χ2n) is 5.53. The van der Waals surface area contributed by atoms with E-state index in [0.29, 0.717) is 12.6 Å². The molecule has 1 aliphatic heterocycles. The maximum Gasteiger partial charge on any atom is 0.137 e. The van der Waals surface area contributed by atoms with Gasteiger partial charge in [-0.05, 0) is 32.4 Å². The third kappa shape index (κ3) is 4.14. The van der Waals surface area contributed by atoms with Gasteiger partial charge in [0.05, 0.1) is 31.6 Å². The molecule has 6 heteroatoms. The number of nitrogens with one attached hydrogen (secondary N) is 1. The van der Waals surface area contributed by atoms with Crippen LogP contribution in [-0.2, 0) is 4.74 Å². The van der Waals surface area contributed by atoms with Gasteiger partial charge in [-0.2, -0.15) is 0 Å². The van der Waals surface area contributed by atoms with Gasteiger partial charge in [-0.1, -0.05) is 0 Å². The second-order valence-corrected chi connectivity index (χ2v) is 5.53. The Labute approximate surface area is 126 Å². The number of pyridine rings is 1. The van der Waals surface area contributed by atoms with Gasteiger partial charge < -0.3 is 9.47 Å². The average molecular weight is 294 g/mol. The molecule has 1 aromatic rings. The number of nitrogens with two attached hydrogens (primary N) is 1. The highest BCUT2D eigenvalue weighted by molar-refractivity contribution is 5.27. The van der Waals surface area contributed by atoms with Crippen LogP contribution in [0.2, 0.25) is 0 Å². The van der Waals surface area contributed by atoms with E-state index < -0.39 is 0 Å². The fourth-order valence-electron chi connectivity index (χ4n) is 2.64. The number of hydrogen-bond acceptors (Lipinski definition) is 6. The predicted molar refractivity (Wildman–Crippen MR) is 81.9 cm³/mol. The van der Waals surface area contributed by atoms with Crippen LogP contribution in [0.5, 0.6) is 5.75 Å². The Morgan fingerprint density at radius 3 is 3.00 bits per heavy atom. The van der Waals surface area contributed by atoms with E-state index in [9.17, 15) is 0 Å². The first-order chi connectivity index (χ1) is 10.2. The molecule has 21 heavy (non-hydrogen) atoms. The smallest absolute Gasteiger partial charge is 0.137 e. The molecule has 2 rings (SSSR count). The van der Waals surface area contributed by atoms with Crippen molar-refractivity contribution in [3.8, 4) is 5.75 Å². The summed E-state index contributed by atoms with van der Waals surface area (Å²) in [5, 5.41) is 0. The molecule has 2 unspecified atom stereocenters. The third-order valence-electron chi connectivity index (χ3n) is 3.81. The normalized spacial score (nSPS) is 21.5. The van der Waals surface area contributed by atoms with Crippen molar-refractivity contribution in [1.29, 1.82) is 0 Å². The van der Waals surface area contributed by atoms with Gasteiger partial charge in [0.1, 0.15) is 5.75 Å². The van der Waals surface area contributed by atoms with Crippen LogP contribution in [-0.4, -0.2) is 48.3 Å². The van der Waals surface area contributed by atoms with E-state index >= 15 is 0 Å². The van der Waals surface area contributed by atoms with Crippen molar-refractivity contribution in [3.63, 3.8) is 0 Å². The highest BCUT2D eigenvalue weighted by Gasteiger charge is 2.30. The number of aromatic nitrogens is 1. The lowest BCUT2D eigenvalue weighted by Gasteiger charge is -2.38. The number of morpholine rings is 1. The summed E-state index contributed by atoms with van der Waals surface area (Å²) in [4.78, 5) is 6.63. The Morgan fingerprint density at radius 2 is 2.33 bits per heavy atom. The Morgan fingerprint density at radius 1 is 1.52 bits per heavy atom. The summed E-state index contributed by atoms with van der Waals surface area (Å²) in [7, 11) is 0. The van der Waals surface area contributed by atoms with Crippen LogP contribution in [0.15, 0.2) is 18.5 Å². The van der Waals surface area contributed by atoms with E-state index in [1.54, 1.807) is 6.20 Å². The molecule has 0 amide bonds. The van der Waals surface area contributed by atoms with E-state index in [1.807, 2.05) is 19.2 Å². The highest BCUT2D eigenvalue weighted by atomic mass is 16.5. The van der Waals surface area contributed by atoms with E-state index in [4.69, 9.17) is 15.3 Å². The molecule has 0 aromatic carbocycles. The third-order valence-corrected chi connectivity index (χ3v) is 3.81. The van der Waals surface area contributed by atoms with Gasteiger partial charge in [-0.15, -0.1) is 0 Å². The topological polar surface area (TPSA) is 72.6 Å². The van der Waals surface area contributed by atoms with Gasteiger partial charge in [0, 0.05) is 25.3 Å². The van der Waals surface area contributed by atoms with Gasteiger partial charge in [0.15, 0.2) is 0 Å². The summed E-state index contributed by atoms with van der Waals surface area (Å²) in [6, 6.07) is 2.38. The lowest BCUT2D eigenvalue weighted by atomic mass is 10.0. The summed E-state index contributed by atoms with van der Waals surface area (Å²) in [5.41, 5.74) is 3.85. The van der Waals surface area contributed by atoms with Crippen molar-refractivity contribution >= 4 is 0 Å². The molecule has 2 heterocycles. The van der Waals surface area contributed by atoms with E-state index in [0.717, 1.165) is 31.0 Å². The molecule has 2 atom stereocenters. The molecule has 0 saturated carbocycles. The van der Waals surface area contributed by atoms with Crippen LogP contribution >= 0.6 is 0 Å². The van der Waals surface area contributed by atoms with Gasteiger partial charge in [-0.25, -0.2) is 0 Å². The first kappa shape index (κ1) is 16.2. The zero-order valence-corrected chi connectivity index (χ0v) is 13.1. The zero-order chi connectivity index (χ0) is 15.2. The van der Waals surface area contributed by atoms with Crippen molar-refractivity contribution in [3.05, 3.63) is 24.0 Å². The van der Waals surface area contributed by atoms with E-state index in [2.05, 4.69) is 29.2 Å². The molecule has 6 nitrogen and oxygen atoms in total. The average Bonchev–Trinajstić information content (AvgIpc) is 2.49. The lowest BCUT2D eigenvalue weighted by Crippen LogP contribution is -2.51. The standard InChI is InChI=1S/C15H26N4O2/c1-4-20-13-7-12(8-17-9-13)15(18-16)14-10-19(11(2)3)5-6-21-14/h7-9,11,14-15,18H,4-6,10,16H2,1-3H3. The fraction of sp³-hybridized carbons (Fsp3) is 0.667. The Balaban J connectivity index is 2.13. The number of hydrogen-bond donors (Lipinski definition) is 2. The van der Waals surface area contributed by atoms with Gasteiger partial charge in [-0.3, -0.25) is 21.2 Å². The van der Waals surface area contributed by atoms with Crippen LogP contribution in [0.25, 0.3) is 0 Å². The first-order valence-electron chi connectivity index (χ1n) is 7.55. The molecule has 0 radical (unpaired) electrons. The van der Waals surface area contributed by atoms with E-state index in [1.165, 1.54) is 0 Å². The van der Waals surface area contributed by atoms with Crippen molar-refractivity contribution < 1.29 is 9.47 Å². The molecule has 3 N–H and O–H groups in total. The number of rotatable bonds is 6. The molecule has 1 saturated heterocycles. The first-order valence-corrected chi connectivity index (χ1v) is 7.55. The van der Waals surface area contributed by atoms with E-state index in [-0.39, 0.29) is 12.1 Å². The number of ether oxygens (including phenoxy) is 2. The number of hydrazine groups is 1. The monoisotopic (exact) mass is 294 g/mol. The summed E-state index contributed by atoms with van der Waals surface area (Å²) in [5.74, 6) is 6.52. The fourth-order valence-corrected chi connectivity index (χ4v) is 2.64. The Kier molecular flexibility index (Phi) is 5.93. The predicted octanol–water partition coefficient (Wildman–Crippen LogP) is 1.09. The largest absolute Gasteiger partial charge is 0.492 e. The number of nitrogens with zero attached hydrogens (tertiary/aromatic N) is 2. The molecule has 0 aliphatic carbocycles. The summed E-state index contributed by atoms with van der Waals surface area (Å²) in [6.45, 7) is 9.51. The SMILES string of the molecule is CCOc1cncc(C(NN)C2CN(C(C)C)CCO2)c1. The summed E-state index contributed by atoms with van der Waals surface area (Å²) in [6.07, 6.45) is 3.53. The Hall–Kier alpha value is -1.21. The molecule has 1 fully saturated rings. The molecule has 1 aromatic heterocycles. The minimum Gasteiger partial charge on any atom is -0.492 e. The van der Waals surface area contributed by atoms with Crippen LogP contribution < -0.4 is 16.0 Å². The van der Waals surface area contributed by atoms with Gasteiger partial charge in [0.25, 0.3) is 0 Å². The van der Waals surface area contributed by atoms with Crippen molar-refractivity contribution in [2.24, 2.45) is 5.84 Å². The maximum absolute atomic E-state index is 5.91.